The van der Waals surface area contributed by atoms with E-state index >= 15 is 0 Å². The molecular weight excluding hydrogens is 222 g/mol. The normalized spacial score (nSPS) is 29.8. The predicted molar refractivity (Wildman–Crippen MR) is 62.4 cm³/mol. The summed E-state index contributed by atoms with van der Waals surface area (Å²) in [6.45, 7) is 5.23. The van der Waals surface area contributed by atoms with Gasteiger partial charge in [-0.1, -0.05) is 12.8 Å². The van der Waals surface area contributed by atoms with Crippen molar-refractivity contribution in [3.63, 3.8) is 0 Å². The molecule has 5 nitrogen and oxygen atoms in total. The number of hydrogen-bond donors (Lipinski definition) is 2. The number of hydrogen-bond acceptors (Lipinski definition) is 4. The molecule has 1 aliphatic rings. The van der Waals surface area contributed by atoms with E-state index in [2.05, 4.69) is 0 Å². The van der Waals surface area contributed by atoms with Crippen LogP contribution < -0.4 is 5.73 Å². The third-order valence-electron chi connectivity index (χ3n) is 3.03. The van der Waals surface area contributed by atoms with Crippen molar-refractivity contribution in [1.29, 1.82) is 0 Å². The topological polar surface area (TPSA) is 89.6 Å². The molecule has 0 aromatic carbocycles. The van der Waals surface area contributed by atoms with Gasteiger partial charge >= 0.3 is 11.9 Å². The second kappa shape index (κ2) is 4.64. The number of nitrogens with two attached hydrogens (primary N) is 1. The van der Waals surface area contributed by atoms with Gasteiger partial charge in [0.1, 0.15) is 11.1 Å². The van der Waals surface area contributed by atoms with E-state index in [-0.39, 0.29) is 0 Å². The number of aliphatic carboxylic acids is 1. The number of ether oxygens (including phenoxy) is 1. The van der Waals surface area contributed by atoms with Crippen molar-refractivity contribution in [3.05, 3.63) is 0 Å². The molecule has 3 N–H and O–H groups in total. The second-order valence-corrected chi connectivity index (χ2v) is 5.68. The minimum Gasteiger partial charge on any atom is -0.481 e. The minimum atomic E-state index is -1.38. The van der Waals surface area contributed by atoms with Crippen LogP contribution in [0.2, 0.25) is 0 Å². The first-order valence-corrected chi connectivity index (χ1v) is 5.92. The number of rotatable bonds is 2. The van der Waals surface area contributed by atoms with Crippen molar-refractivity contribution in [2.75, 3.05) is 0 Å². The Hall–Kier alpha value is -1.10. The molecule has 0 saturated heterocycles. The van der Waals surface area contributed by atoms with Gasteiger partial charge in [-0.25, -0.2) is 0 Å². The summed E-state index contributed by atoms with van der Waals surface area (Å²) in [5.41, 5.74) is 3.97. The number of carbonyl (C=O) groups is 2. The van der Waals surface area contributed by atoms with Gasteiger partial charge < -0.3 is 15.6 Å². The highest BCUT2D eigenvalue weighted by Crippen LogP contribution is 2.34. The molecule has 1 fully saturated rings. The van der Waals surface area contributed by atoms with Gasteiger partial charge in [-0.05, 0) is 33.6 Å². The van der Waals surface area contributed by atoms with Crippen molar-refractivity contribution >= 4 is 11.9 Å². The van der Waals surface area contributed by atoms with Crippen LogP contribution in [0.1, 0.15) is 46.5 Å². The van der Waals surface area contributed by atoms with Crippen LogP contribution in [-0.2, 0) is 14.3 Å². The molecule has 0 aromatic rings. The van der Waals surface area contributed by atoms with Gasteiger partial charge in [-0.3, -0.25) is 9.59 Å². The number of esters is 1. The van der Waals surface area contributed by atoms with Crippen LogP contribution in [-0.4, -0.2) is 28.2 Å². The van der Waals surface area contributed by atoms with Crippen LogP contribution in [0, 0.1) is 5.92 Å². The van der Waals surface area contributed by atoms with E-state index in [1.165, 1.54) is 0 Å². The van der Waals surface area contributed by atoms with Crippen LogP contribution in [0.15, 0.2) is 0 Å². The first-order chi connectivity index (χ1) is 7.67. The Bertz CT molecular complexity index is 321. The summed E-state index contributed by atoms with van der Waals surface area (Å²) in [4.78, 5) is 23.2. The highest BCUT2D eigenvalue weighted by molar-refractivity contribution is 5.88. The zero-order valence-electron chi connectivity index (χ0n) is 10.7. The lowest BCUT2D eigenvalue weighted by molar-refractivity contribution is -0.170. The Morgan fingerprint density at radius 2 is 1.94 bits per heavy atom. The Balaban J connectivity index is 2.89. The number of carboxylic acid groups (broad SMARTS) is 1. The van der Waals surface area contributed by atoms with Crippen LogP contribution in [0.5, 0.6) is 0 Å². The van der Waals surface area contributed by atoms with E-state index in [4.69, 9.17) is 15.6 Å². The summed E-state index contributed by atoms with van der Waals surface area (Å²) in [5, 5.41) is 9.13. The van der Waals surface area contributed by atoms with Crippen molar-refractivity contribution < 1.29 is 19.4 Å². The molecule has 0 spiro atoms. The summed E-state index contributed by atoms with van der Waals surface area (Å²) < 4.78 is 5.23. The quantitative estimate of drug-likeness (QED) is 0.713. The monoisotopic (exact) mass is 243 g/mol. The molecule has 0 radical (unpaired) electrons. The van der Waals surface area contributed by atoms with E-state index in [1.807, 2.05) is 0 Å². The Morgan fingerprint density at radius 1 is 1.35 bits per heavy atom. The summed E-state index contributed by atoms with van der Waals surface area (Å²) >= 11 is 0. The molecule has 2 unspecified atom stereocenters. The first-order valence-electron chi connectivity index (χ1n) is 5.92. The maximum absolute atomic E-state index is 12.0. The van der Waals surface area contributed by atoms with E-state index in [1.54, 1.807) is 20.8 Å². The van der Waals surface area contributed by atoms with Gasteiger partial charge in [-0.15, -0.1) is 0 Å². The third-order valence-corrected chi connectivity index (χ3v) is 3.03. The highest BCUT2D eigenvalue weighted by atomic mass is 16.6. The summed E-state index contributed by atoms with van der Waals surface area (Å²) in [6.07, 6.45) is 2.36. The molecule has 5 heteroatoms. The smallest absolute Gasteiger partial charge is 0.327 e. The van der Waals surface area contributed by atoms with Crippen LogP contribution in [0.4, 0.5) is 0 Å². The molecule has 1 saturated carbocycles. The van der Waals surface area contributed by atoms with E-state index in [9.17, 15) is 9.59 Å². The summed E-state index contributed by atoms with van der Waals surface area (Å²) in [7, 11) is 0. The van der Waals surface area contributed by atoms with Gasteiger partial charge in [-0.2, -0.15) is 0 Å². The fraction of sp³-hybridized carbons (Fsp3) is 0.833. The average molecular weight is 243 g/mol. The van der Waals surface area contributed by atoms with Crippen molar-refractivity contribution in [2.45, 2.75) is 57.6 Å². The van der Waals surface area contributed by atoms with Gasteiger partial charge in [0, 0.05) is 0 Å². The lowest BCUT2D eigenvalue weighted by Gasteiger charge is -2.38. The van der Waals surface area contributed by atoms with Gasteiger partial charge in [0.2, 0.25) is 0 Å². The zero-order valence-corrected chi connectivity index (χ0v) is 10.7. The third kappa shape index (κ3) is 3.19. The van der Waals surface area contributed by atoms with Gasteiger partial charge in [0.05, 0.1) is 5.92 Å². The Labute approximate surface area is 101 Å². The molecule has 0 bridgehead atoms. The van der Waals surface area contributed by atoms with E-state index in [0.29, 0.717) is 12.8 Å². The zero-order chi connectivity index (χ0) is 13.3. The largest absolute Gasteiger partial charge is 0.481 e. The predicted octanol–water partition coefficient (Wildman–Crippen LogP) is 1.30. The Kier molecular flexibility index (Phi) is 3.81. The van der Waals surface area contributed by atoms with Crippen molar-refractivity contribution in [3.8, 4) is 0 Å². The van der Waals surface area contributed by atoms with Crippen LogP contribution in [0.3, 0.4) is 0 Å². The fourth-order valence-electron chi connectivity index (χ4n) is 2.16. The standard InChI is InChI=1S/C12H21NO4/c1-11(2,3)17-10(16)12(13)7-5-4-6-8(12)9(14)15/h8H,4-7,13H2,1-3H3,(H,14,15). The molecule has 0 aliphatic heterocycles. The minimum absolute atomic E-state index is 0.374. The molecule has 1 aliphatic carbocycles. The highest BCUT2D eigenvalue weighted by Gasteiger charge is 2.49. The van der Waals surface area contributed by atoms with Crippen molar-refractivity contribution in [1.82, 2.24) is 0 Å². The molecular formula is C12H21NO4. The number of carbonyl (C=O) groups excluding carboxylic acids is 1. The van der Waals surface area contributed by atoms with Crippen LogP contribution in [0.25, 0.3) is 0 Å². The SMILES string of the molecule is CC(C)(C)OC(=O)C1(N)CCCCC1C(=O)O. The first kappa shape index (κ1) is 14.0. The molecule has 2 atom stereocenters. The van der Waals surface area contributed by atoms with Crippen molar-refractivity contribution in [2.24, 2.45) is 11.7 Å². The second-order valence-electron chi connectivity index (χ2n) is 5.68. The lowest BCUT2D eigenvalue weighted by Crippen LogP contribution is -2.59. The molecule has 1 rings (SSSR count). The van der Waals surface area contributed by atoms with Gasteiger partial charge in [0.15, 0.2) is 0 Å². The molecule has 0 amide bonds. The number of carboxylic acids is 1. The maximum Gasteiger partial charge on any atom is 0.327 e. The Morgan fingerprint density at radius 3 is 2.41 bits per heavy atom. The summed E-state index contributed by atoms with van der Waals surface area (Å²) in [6, 6.07) is 0. The average Bonchev–Trinajstić information content (AvgIpc) is 2.15. The van der Waals surface area contributed by atoms with E-state index in [0.717, 1.165) is 12.8 Å². The molecule has 0 heterocycles. The molecule has 17 heavy (non-hydrogen) atoms. The maximum atomic E-state index is 12.0. The van der Waals surface area contributed by atoms with Crippen LogP contribution >= 0.6 is 0 Å². The van der Waals surface area contributed by atoms with E-state index < -0.39 is 29.0 Å². The molecule has 98 valence electrons. The summed E-state index contributed by atoms with van der Waals surface area (Å²) in [5.74, 6) is -2.46. The van der Waals surface area contributed by atoms with Gasteiger partial charge in [0.25, 0.3) is 0 Å². The molecule has 0 aromatic heterocycles. The lowest BCUT2D eigenvalue weighted by atomic mass is 9.73. The fourth-order valence-corrected chi connectivity index (χ4v) is 2.16.